The second-order valence-corrected chi connectivity index (χ2v) is 6.51. The molecule has 0 fully saturated rings. The van der Waals surface area contributed by atoms with Crippen LogP contribution in [0.1, 0.15) is 18.9 Å². The molecule has 29 heavy (non-hydrogen) atoms. The number of nitrogens with one attached hydrogen (secondary N) is 1. The van der Waals surface area contributed by atoms with Crippen molar-refractivity contribution in [3.63, 3.8) is 0 Å². The van der Waals surface area contributed by atoms with E-state index < -0.39 is 0 Å². The summed E-state index contributed by atoms with van der Waals surface area (Å²) < 4.78 is 5.87. The lowest BCUT2D eigenvalue weighted by Gasteiger charge is -2.21. The fourth-order valence-electron chi connectivity index (χ4n) is 2.78. The van der Waals surface area contributed by atoms with Crippen LogP contribution in [0.5, 0.6) is 11.5 Å². The molecule has 2 amide bonds. The van der Waals surface area contributed by atoms with Gasteiger partial charge in [-0.15, -0.1) is 0 Å². The van der Waals surface area contributed by atoms with Crippen molar-refractivity contribution in [2.24, 2.45) is 0 Å². The number of nitrogens with zero attached hydrogens (tertiary/aromatic N) is 2. The molecular weight excluding hydrogens is 366 g/mol. The third-order valence-corrected chi connectivity index (χ3v) is 4.31. The van der Waals surface area contributed by atoms with Crippen LogP contribution in [0.15, 0.2) is 79.1 Å². The van der Waals surface area contributed by atoms with E-state index in [0.29, 0.717) is 30.3 Å². The maximum Gasteiger partial charge on any atom is 0.226 e. The summed E-state index contributed by atoms with van der Waals surface area (Å²) in [5.74, 6) is 0.985. The molecule has 1 aromatic heterocycles. The SMILES string of the molecule is CC(=O)N(CCC(=O)Nc1ccccc1Oc1ccccc1)Cc1ccncc1. The van der Waals surface area contributed by atoms with Crippen LogP contribution in [0.2, 0.25) is 0 Å². The van der Waals surface area contributed by atoms with Gasteiger partial charge >= 0.3 is 0 Å². The van der Waals surface area contributed by atoms with Crippen molar-refractivity contribution in [3.05, 3.63) is 84.7 Å². The summed E-state index contributed by atoms with van der Waals surface area (Å²) in [4.78, 5) is 30.0. The lowest BCUT2D eigenvalue weighted by atomic mass is 10.2. The predicted octanol–water partition coefficient (Wildman–Crippen LogP) is 4.25. The molecule has 0 bridgehead atoms. The zero-order chi connectivity index (χ0) is 20.5. The number of hydrogen-bond acceptors (Lipinski definition) is 4. The van der Waals surface area contributed by atoms with Gasteiger partial charge in [0.2, 0.25) is 11.8 Å². The predicted molar refractivity (Wildman–Crippen MR) is 112 cm³/mol. The van der Waals surface area contributed by atoms with Gasteiger partial charge in [-0.2, -0.15) is 0 Å². The Morgan fingerprint density at radius 2 is 1.66 bits per heavy atom. The Labute approximate surface area is 170 Å². The highest BCUT2D eigenvalue weighted by Gasteiger charge is 2.13. The number of benzene rings is 2. The molecule has 1 heterocycles. The number of hydrogen-bond donors (Lipinski definition) is 1. The monoisotopic (exact) mass is 389 g/mol. The maximum atomic E-state index is 12.5. The fourth-order valence-corrected chi connectivity index (χ4v) is 2.78. The van der Waals surface area contributed by atoms with Crippen molar-refractivity contribution in [1.29, 1.82) is 0 Å². The first kappa shape index (κ1) is 20.1. The van der Waals surface area contributed by atoms with E-state index in [1.807, 2.05) is 54.6 Å². The summed E-state index contributed by atoms with van der Waals surface area (Å²) in [7, 11) is 0. The summed E-state index contributed by atoms with van der Waals surface area (Å²) in [6.07, 6.45) is 3.55. The zero-order valence-electron chi connectivity index (χ0n) is 16.2. The number of carbonyl (C=O) groups is 2. The molecule has 0 radical (unpaired) electrons. The highest BCUT2D eigenvalue weighted by molar-refractivity contribution is 5.92. The highest BCUT2D eigenvalue weighted by atomic mass is 16.5. The molecule has 6 nitrogen and oxygen atoms in total. The minimum atomic E-state index is -0.185. The van der Waals surface area contributed by atoms with E-state index in [-0.39, 0.29) is 18.2 Å². The van der Waals surface area contributed by atoms with Crippen molar-refractivity contribution in [3.8, 4) is 11.5 Å². The summed E-state index contributed by atoms with van der Waals surface area (Å²) >= 11 is 0. The number of anilines is 1. The third-order valence-electron chi connectivity index (χ3n) is 4.31. The van der Waals surface area contributed by atoms with Gasteiger partial charge in [0.05, 0.1) is 5.69 Å². The number of rotatable bonds is 8. The Bertz CT molecular complexity index is 946. The van der Waals surface area contributed by atoms with Gasteiger partial charge in [-0.1, -0.05) is 30.3 Å². The molecule has 2 aromatic carbocycles. The van der Waals surface area contributed by atoms with Gasteiger partial charge in [0.15, 0.2) is 5.75 Å². The Balaban J connectivity index is 1.59. The van der Waals surface area contributed by atoms with Gasteiger partial charge in [0.25, 0.3) is 0 Å². The van der Waals surface area contributed by atoms with E-state index in [0.717, 1.165) is 5.56 Å². The third kappa shape index (κ3) is 6.17. The van der Waals surface area contributed by atoms with Crippen molar-refractivity contribution in [1.82, 2.24) is 9.88 Å². The molecular formula is C23H23N3O3. The van der Waals surface area contributed by atoms with Crippen LogP contribution in [-0.2, 0) is 16.1 Å². The number of aromatic nitrogens is 1. The minimum absolute atomic E-state index is 0.0811. The smallest absolute Gasteiger partial charge is 0.226 e. The summed E-state index contributed by atoms with van der Waals surface area (Å²) in [5.41, 5.74) is 1.56. The van der Waals surface area contributed by atoms with Crippen LogP contribution in [0.25, 0.3) is 0 Å². The molecule has 0 aliphatic carbocycles. The minimum Gasteiger partial charge on any atom is -0.455 e. The van der Waals surface area contributed by atoms with Crippen molar-refractivity contribution in [2.75, 3.05) is 11.9 Å². The van der Waals surface area contributed by atoms with Crippen LogP contribution in [0, 0.1) is 0 Å². The van der Waals surface area contributed by atoms with Crippen LogP contribution in [0.4, 0.5) is 5.69 Å². The number of pyridine rings is 1. The topological polar surface area (TPSA) is 71.5 Å². The molecule has 3 rings (SSSR count). The Hall–Kier alpha value is -3.67. The maximum absolute atomic E-state index is 12.5. The largest absolute Gasteiger partial charge is 0.455 e. The Morgan fingerprint density at radius 1 is 0.966 bits per heavy atom. The summed E-state index contributed by atoms with van der Waals surface area (Å²) in [5, 5.41) is 2.88. The summed E-state index contributed by atoms with van der Waals surface area (Å²) in [6, 6.07) is 20.4. The summed E-state index contributed by atoms with van der Waals surface area (Å²) in [6.45, 7) is 2.27. The van der Waals surface area contributed by atoms with Gasteiger partial charge < -0.3 is 15.0 Å². The molecule has 1 N–H and O–H groups in total. The molecule has 6 heteroatoms. The number of carbonyl (C=O) groups excluding carboxylic acids is 2. The average molecular weight is 389 g/mol. The van der Waals surface area contributed by atoms with Gasteiger partial charge in [-0.3, -0.25) is 14.6 Å². The lowest BCUT2D eigenvalue weighted by Crippen LogP contribution is -2.31. The molecule has 148 valence electrons. The molecule has 0 atom stereocenters. The van der Waals surface area contributed by atoms with Gasteiger partial charge in [-0.25, -0.2) is 0 Å². The molecule has 0 unspecified atom stereocenters. The average Bonchev–Trinajstić information content (AvgIpc) is 2.74. The second kappa shape index (κ2) is 10.0. The van der Waals surface area contributed by atoms with E-state index >= 15 is 0 Å². The van der Waals surface area contributed by atoms with Gasteiger partial charge in [0.1, 0.15) is 5.75 Å². The van der Waals surface area contributed by atoms with Crippen LogP contribution >= 0.6 is 0 Å². The van der Waals surface area contributed by atoms with E-state index in [1.165, 1.54) is 6.92 Å². The van der Waals surface area contributed by atoms with Crippen molar-refractivity contribution >= 4 is 17.5 Å². The van der Waals surface area contributed by atoms with Crippen LogP contribution in [-0.4, -0.2) is 28.2 Å². The lowest BCUT2D eigenvalue weighted by molar-refractivity contribution is -0.129. The van der Waals surface area contributed by atoms with E-state index in [1.54, 1.807) is 29.4 Å². The van der Waals surface area contributed by atoms with Crippen molar-refractivity contribution < 1.29 is 14.3 Å². The Kier molecular flexibility index (Phi) is 6.95. The molecule has 0 saturated carbocycles. The zero-order valence-corrected chi connectivity index (χ0v) is 16.2. The normalized spacial score (nSPS) is 10.2. The quantitative estimate of drug-likeness (QED) is 0.625. The van der Waals surface area contributed by atoms with Crippen LogP contribution < -0.4 is 10.1 Å². The van der Waals surface area contributed by atoms with E-state index in [2.05, 4.69) is 10.3 Å². The van der Waals surface area contributed by atoms with E-state index in [4.69, 9.17) is 4.74 Å². The van der Waals surface area contributed by atoms with Crippen LogP contribution in [0.3, 0.4) is 0 Å². The standard InChI is InChI=1S/C23H23N3O3/c1-18(27)26(17-19-11-14-24-15-12-19)16-13-23(28)25-21-9-5-6-10-22(21)29-20-7-3-2-4-8-20/h2-12,14-15H,13,16-17H2,1H3,(H,25,28). The number of para-hydroxylation sites is 3. The number of amides is 2. The first-order valence-electron chi connectivity index (χ1n) is 9.38. The molecule has 0 spiro atoms. The Morgan fingerprint density at radius 3 is 2.38 bits per heavy atom. The first-order chi connectivity index (χ1) is 14.1. The molecule has 3 aromatic rings. The fraction of sp³-hybridized carbons (Fsp3) is 0.174. The highest BCUT2D eigenvalue weighted by Crippen LogP contribution is 2.29. The molecule has 0 aliphatic rings. The van der Waals surface area contributed by atoms with Gasteiger partial charge in [-0.05, 0) is 42.0 Å². The second-order valence-electron chi connectivity index (χ2n) is 6.51. The molecule has 0 aliphatic heterocycles. The first-order valence-corrected chi connectivity index (χ1v) is 9.38. The number of ether oxygens (including phenoxy) is 1. The van der Waals surface area contributed by atoms with Gasteiger partial charge in [0, 0.05) is 38.8 Å². The molecule has 0 saturated heterocycles. The van der Waals surface area contributed by atoms with Crippen molar-refractivity contribution in [2.45, 2.75) is 19.9 Å². The van der Waals surface area contributed by atoms with E-state index in [9.17, 15) is 9.59 Å².